The highest BCUT2D eigenvalue weighted by atomic mass is 16.4. The van der Waals surface area contributed by atoms with Crippen molar-refractivity contribution in [2.24, 2.45) is 5.92 Å². The van der Waals surface area contributed by atoms with E-state index >= 15 is 0 Å². The van der Waals surface area contributed by atoms with E-state index in [1.807, 2.05) is 0 Å². The highest BCUT2D eigenvalue weighted by molar-refractivity contribution is 5.98. The summed E-state index contributed by atoms with van der Waals surface area (Å²) in [5, 5.41) is 9.27. The molecule has 0 aliphatic carbocycles. The van der Waals surface area contributed by atoms with Crippen LogP contribution in [0.25, 0.3) is 0 Å². The zero-order valence-corrected chi connectivity index (χ0v) is 12.9. The largest absolute Gasteiger partial charge is 0.480 e. The normalized spacial score (nSPS) is 18.9. The number of carboxylic acid groups (broad SMARTS) is 1. The molecule has 0 bridgehead atoms. The second-order valence-corrected chi connectivity index (χ2v) is 5.51. The minimum Gasteiger partial charge on any atom is -0.480 e. The van der Waals surface area contributed by atoms with E-state index in [-0.39, 0.29) is 17.7 Å². The summed E-state index contributed by atoms with van der Waals surface area (Å²) in [6.07, 6.45) is 1.27. The Hall–Kier alpha value is -2.03. The van der Waals surface area contributed by atoms with Crippen molar-refractivity contribution in [2.75, 3.05) is 13.6 Å². The first-order valence-corrected chi connectivity index (χ1v) is 7.04. The number of hydrogen-bond donors (Lipinski definition) is 1. The summed E-state index contributed by atoms with van der Waals surface area (Å²) in [6.45, 7) is 5.55. The van der Waals surface area contributed by atoms with E-state index in [0.29, 0.717) is 13.0 Å². The Kier molecular flexibility index (Phi) is 5.77. The van der Waals surface area contributed by atoms with Crippen molar-refractivity contribution < 1.29 is 19.5 Å². The summed E-state index contributed by atoms with van der Waals surface area (Å²) in [7, 11) is 1.48. The van der Waals surface area contributed by atoms with E-state index < -0.39 is 18.1 Å². The fourth-order valence-corrected chi connectivity index (χ4v) is 2.72. The molecule has 6 nitrogen and oxygen atoms in total. The van der Waals surface area contributed by atoms with Gasteiger partial charge in [0.05, 0.1) is 0 Å². The van der Waals surface area contributed by atoms with Gasteiger partial charge < -0.3 is 14.9 Å². The molecule has 0 spiro atoms. The summed E-state index contributed by atoms with van der Waals surface area (Å²) in [6, 6.07) is -1.50. The molecular formula is C15H22N2O4. The van der Waals surface area contributed by atoms with Crippen molar-refractivity contribution in [3.63, 3.8) is 0 Å². The molecule has 1 aliphatic heterocycles. The van der Waals surface area contributed by atoms with Crippen LogP contribution in [0.1, 0.15) is 33.6 Å². The molecule has 1 N–H and O–H groups in total. The zero-order chi connectivity index (χ0) is 16.2. The Bertz CT molecular complexity index is 490. The fraction of sp³-hybridized carbons (Fsp3) is 0.667. The maximum Gasteiger partial charge on any atom is 0.326 e. The summed E-state index contributed by atoms with van der Waals surface area (Å²) < 4.78 is 0. The van der Waals surface area contributed by atoms with Gasteiger partial charge in [-0.25, -0.2) is 4.79 Å². The van der Waals surface area contributed by atoms with Gasteiger partial charge in [-0.05, 0) is 31.6 Å². The predicted molar refractivity (Wildman–Crippen MR) is 77.2 cm³/mol. The molecule has 0 aromatic heterocycles. The van der Waals surface area contributed by atoms with Crippen molar-refractivity contribution in [3.8, 4) is 11.8 Å². The summed E-state index contributed by atoms with van der Waals surface area (Å²) in [5.74, 6) is 3.01. The van der Waals surface area contributed by atoms with E-state index in [1.165, 1.54) is 16.8 Å². The van der Waals surface area contributed by atoms with Crippen molar-refractivity contribution in [1.29, 1.82) is 0 Å². The van der Waals surface area contributed by atoms with Gasteiger partial charge in [-0.15, -0.1) is 0 Å². The molecule has 116 valence electrons. The van der Waals surface area contributed by atoms with E-state index in [0.717, 1.165) is 6.42 Å². The van der Waals surface area contributed by atoms with Gasteiger partial charge in [-0.2, -0.15) is 0 Å². The highest BCUT2D eigenvalue weighted by Gasteiger charge is 2.39. The molecule has 1 rings (SSSR count). The Labute approximate surface area is 125 Å². The lowest BCUT2D eigenvalue weighted by atomic mass is 10.0. The third-order valence-electron chi connectivity index (χ3n) is 3.68. The minimum absolute atomic E-state index is 0.211. The number of rotatable bonds is 4. The van der Waals surface area contributed by atoms with Gasteiger partial charge in [-0.1, -0.05) is 19.8 Å². The summed E-state index contributed by atoms with van der Waals surface area (Å²) >= 11 is 0. The monoisotopic (exact) mass is 294 g/mol. The van der Waals surface area contributed by atoms with E-state index in [2.05, 4.69) is 11.8 Å². The van der Waals surface area contributed by atoms with Crippen LogP contribution in [0, 0.1) is 17.8 Å². The highest BCUT2D eigenvalue weighted by Crippen LogP contribution is 2.21. The standard InChI is InChI=1S/C15H22N2O4/c1-5-7-12(18)17-9-6-8-11(17)14(19)16(4)13(10(2)3)15(20)21/h10-11,13H,6,8-9H2,1-4H3,(H,20,21)/t11-,13?/m0/s1. The lowest BCUT2D eigenvalue weighted by Crippen LogP contribution is -2.53. The Morgan fingerprint density at radius 2 is 1.95 bits per heavy atom. The van der Waals surface area contributed by atoms with Crippen LogP contribution in [-0.4, -0.2) is 58.4 Å². The van der Waals surface area contributed by atoms with Crippen LogP contribution in [0.5, 0.6) is 0 Å². The Balaban J connectivity index is 2.92. The van der Waals surface area contributed by atoms with E-state index in [9.17, 15) is 19.5 Å². The smallest absolute Gasteiger partial charge is 0.326 e. The van der Waals surface area contributed by atoms with Crippen LogP contribution < -0.4 is 0 Å². The molecule has 0 saturated carbocycles. The zero-order valence-electron chi connectivity index (χ0n) is 12.9. The Morgan fingerprint density at radius 3 is 2.43 bits per heavy atom. The fourth-order valence-electron chi connectivity index (χ4n) is 2.72. The molecular weight excluding hydrogens is 272 g/mol. The first-order valence-electron chi connectivity index (χ1n) is 7.04. The van der Waals surface area contributed by atoms with Crippen LogP contribution in [-0.2, 0) is 14.4 Å². The van der Waals surface area contributed by atoms with Crippen molar-refractivity contribution >= 4 is 17.8 Å². The van der Waals surface area contributed by atoms with Crippen LogP contribution in [0.2, 0.25) is 0 Å². The molecule has 2 amide bonds. The quantitative estimate of drug-likeness (QED) is 0.769. The molecule has 0 aromatic rings. The molecule has 1 saturated heterocycles. The number of carboxylic acids is 1. The van der Waals surface area contributed by atoms with Gasteiger partial charge in [0, 0.05) is 13.6 Å². The lowest BCUT2D eigenvalue weighted by molar-refractivity contribution is -0.153. The second kappa shape index (κ2) is 7.11. The van der Waals surface area contributed by atoms with Gasteiger partial charge in [0.2, 0.25) is 5.91 Å². The number of likely N-dealkylation sites (tertiary alicyclic amines) is 1. The van der Waals surface area contributed by atoms with E-state index in [4.69, 9.17) is 0 Å². The number of nitrogens with zero attached hydrogens (tertiary/aromatic N) is 2. The maximum atomic E-state index is 12.5. The van der Waals surface area contributed by atoms with Crippen molar-refractivity contribution in [3.05, 3.63) is 0 Å². The molecule has 0 radical (unpaired) electrons. The molecule has 2 atom stereocenters. The van der Waals surface area contributed by atoms with Gasteiger partial charge >= 0.3 is 5.97 Å². The van der Waals surface area contributed by atoms with Crippen LogP contribution in [0.3, 0.4) is 0 Å². The number of amides is 2. The molecule has 21 heavy (non-hydrogen) atoms. The third-order valence-corrected chi connectivity index (χ3v) is 3.68. The maximum absolute atomic E-state index is 12.5. The van der Waals surface area contributed by atoms with Gasteiger partial charge in [0.15, 0.2) is 0 Å². The number of hydrogen-bond acceptors (Lipinski definition) is 3. The van der Waals surface area contributed by atoms with Gasteiger partial charge in [0.1, 0.15) is 12.1 Å². The molecule has 1 aliphatic rings. The van der Waals surface area contributed by atoms with Crippen molar-refractivity contribution in [1.82, 2.24) is 9.80 Å². The van der Waals surface area contributed by atoms with E-state index in [1.54, 1.807) is 20.8 Å². The van der Waals surface area contributed by atoms with Gasteiger partial charge in [-0.3, -0.25) is 9.59 Å². The summed E-state index contributed by atoms with van der Waals surface area (Å²) in [4.78, 5) is 38.4. The molecule has 1 fully saturated rings. The van der Waals surface area contributed by atoms with Gasteiger partial charge in [0.25, 0.3) is 5.91 Å². The number of likely N-dealkylation sites (N-methyl/N-ethyl adjacent to an activating group) is 1. The second-order valence-electron chi connectivity index (χ2n) is 5.51. The summed E-state index contributed by atoms with van der Waals surface area (Å²) in [5.41, 5.74) is 0. The third kappa shape index (κ3) is 3.75. The Morgan fingerprint density at radius 1 is 1.33 bits per heavy atom. The first-order chi connectivity index (χ1) is 9.81. The average molecular weight is 294 g/mol. The number of carbonyl (C=O) groups is 3. The molecule has 0 aromatic carbocycles. The molecule has 1 unspecified atom stereocenters. The predicted octanol–water partition coefficient (Wildman–Crippen LogP) is 0.568. The molecule has 1 heterocycles. The number of carbonyl (C=O) groups excluding carboxylic acids is 2. The van der Waals surface area contributed by atoms with Crippen molar-refractivity contribution in [2.45, 2.75) is 45.7 Å². The minimum atomic E-state index is -1.04. The SMILES string of the molecule is CC#CC(=O)N1CCC[C@H]1C(=O)N(C)C(C(=O)O)C(C)C. The number of aliphatic carboxylic acids is 1. The average Bonchev–Trinajstić information content (AvgIpc) is 2.86. The van der Waals surface area contributed by atoms with Crippen LogP contribution >= 0.6 is 0 Å². The molecule has 6 heteroatoms. The lowest BCUT2D eigenvalue weighted by Gasteiger charge is -2.32. The van der Waals surface area contributed by atoms with Crippen LogP contribution in [0.15, 0.2) is 0 Å². The topological polar surface area (TPSA) is 77.9 Å². The first kappa shape index (κ1) is 17.0. The van der Waals surface area contributed by atoms with Crippen LogP contribution in [0.4, 0.5) is 0 Å².